The second-order valence-electron chi connectivity index (χ2n) is 12.0. The van der Waals surface area contributed by atoms with E-state index >= 15 is 0 Å². The number of rotatable bonds is 18. The number of aromatic nitrogens is 1. The SMILES string of the molecule is Cn1ccc2cc(-c3cc(OCCCCCCc4cccc(OCCCC(=O)O)c4CCC(=O)O)cc(-c4ccccc4)c3)ccc21. The van der Waals surface area contributed by atoms with Crippen LogP contribution in [0.4, 0.5) is 0 Å². The number of aliphatic carboxylic acids is 2. The molecule has 1 aromatic heterocycles. The van der Waals surface area contributed by atoms with Gasteiger partial charge in [0, 0.05) is 37.0 Å². The second-order valence-corrected chi connectivity index (χ2v) is 12.0. The molecule has 244 valence electrons. The fraction of sp³-hybridized carbons (Fsp3) is 0.300. The number of carboxylic acids is 2. The Morgan fingerprint density at radius 2 is 1.38 bits per heavy atom. The Kier molecular flexibility index (Phi) is 11.7. The van der Waals surface area contributed by atoms with Crippen LogP contribution in [-0.2, 0) is 29.5 Å². The van der Waals surface area contributed by atoms with Crippen molar-refractivity contribution in [2.45, 2.75) is 57.8 Å². The fourth-order valence-electron chi connectivity index (χ4n) is 5.97. The highest BCUT2D eigenvalue weighted by molar-refractivity contribution is 5.87. The van der Waals surface area contributed by atoms with Crippen molar-refractivity contribution in [3.8, 4) is 33.8 Å². The van der Waals surface area contributed by atoms with Crippen LogP contribution in [0.1, 0.15) is 56.1 Å². The molecule has 0 amide bonds. The number of carbonyl (C=O) groups is 2. The normalized spacial score (nSPS) is 11.1. The van der Waals surface area contributed by atoms with Gasteiger partial charge in [0.2, 0.25) is 0 Å². The maximum absolute atomic E-state index is 11.3. The summed E-state index contributed by atoms with van der Waals surface area (Å²) in [6, 6.07) is 31.4. The molecule has 0 bridgehead atoms. The van der Waals surface area contributed by atoms with Gasteiger partial charge in [-0.3, -0.25) is 9.59 Å². The lowest BCUT2D eigenvalue weighted by Gasteiger charge is -2.15. The van der Waals surface area contributed by atoms with Crippen molar-refractivity contribution in [1.29, 1.82) is 0 Å². The predicted octanol–water partition coefficient (Wildman–Crippen LogP) is 8.96. The number of benzene rings is 4. The van der Waals surface area contributed by atoms with E-state index in [1.807, 2.05) is 24.3 Å². The highest BCUT2D eigenvalue weighted by Gasteiger charge is 2.13. The minimum atomic E-state index is -0.856. The van der Waals surface area contributed by atoms with Gasteiger partial charge in [-0.05, 0) is 108 Å². The second kappa shape index (κ2) is 16.5. The zero-order valence-corrected chi connectivity index (χ0v) is 27.0. The smallest absolute Gasteiger partial charge is 0.303 e. The van der Waals surface area contributed by atoms with E-state index < -0.39 is 11.9 Å². The molecule has 0 atom stereocenters. The Hall–Kier alpha value is -5.04. The number of nitrogens with zero attached hydrogens (tertiary/aromatic N) is 1. The van der Waals surface area contributed by atoms with Gasteiger partial charge in [-0.25, -0.2) is 0 Å². The summed E-state index contributed by atoms with van der Waals surface area (Å²) in [7, 11) is 2.06. The molecule has 5 rings (SSSR count). The predicted molar refractivity (Wildman–Crippen MR) is 186 cm³/mol. The van der Waals surface area contributed by atoms with Gasteiger partial charge in [0.15, 0.2) is 0 Å². The molecule has 7 nitrogen and oxygen atoms in total. The minimum Gasteiger partial charge on any atom is -0.494 e. The van der Waals surface area contributed by atoms with Crippen molar-refractivity contribution in [1.82, 2.24) is 4.57 Å². The van der Waals surface area contributed by atoms with Crippen LogP contribution in [0.25, 0.3) is 33.2 Å². The Morgan fingerprint density at radius 3 is 2.17 bits per heavy atom. The van der Waals surface area contributed by atoms with Crippen molar-refractivity contribution in [2.24, 2.45) is 7.05 Å². The maximum atomic E-state index is 11.3. The largest absolute Gasteiger partial charge is 0.494 e. The summed E-state index contributed by atoms with van der Waals surface area (Å²) in [6.45, 7) is 0.909. The third-order valence-electron chi connectivity index (χ3n) is 8.45. The Morgan fingerprint density at radius 1 is 0.638 bits per heavy atom. The molecule has 0 saturated heterocycles. The molecule has 0 saturated carbocycles. The van der Waals surface area contributed by atoms with Gasteiger partial charge < -0.3 is 24.3 Å². The summed E-state index contributed by atoms with van der Waals surface area (Å²) < 4.78 is 14.3. The number of carboxylic acid groups (broad SMARTS) is 2. The third kappa shape index (κ3) is 9.49. The number of hydrogen-bond acceptors (Lipinski definition) is 4. The third-order valence-corrected chi connectivity index (χ3v) is 8.45. The lowest BCUT2D eigenvalue weighted by molar-refractivity contribution is -0.138. The highest BCUT2D eigenvalue weighted by Crippen LogP contribution is 2.33. The van der Waals surface area contributed by atoms with Gasteiger partial charge in [0.25, 0.3) is 0 Å². The summed E-state index contributed by atoms with van der Waals surface area (Å²) in [5, 5.41) is 19.4. The van der Waals surface area contributed by atoms with Crippen LogP contribution in [0.3, 0.4) is 0 Å². The van der Waals surface area contributed by atoms with E-state index in [4.69, 9.17) is 14.6 Å². The van der Waals surface area contributed by atoms with E-state index in [2.05, 4.69) is 84.5 Å². The summed E-state index contributed by atoms with van der Waals surface area (Å²) in [6.07, 6.45) is 7.71. The van der Waals surface area contributed by atoms with Gasteiger partial charge >= 0.3 is 11.9 Å². The van der Waals surface area contributed by atoms with Crippen LogP contribution in [0, 0.1) is 0 Å². The molecular weight excluding hydrogens is 590 g/mol. The monoisotopic (exact) mass is 633 g/mol. The van der Waals surface area contributed by atoms with E-state index in [1.54, 1.807) is 0 Å². The average Bonchev–Trinajstić information content (AvgIpc) is 3.45. The molecule has 4 aromatic carbocycles. The van der Waals surface area contributed by atoms with Gasteiger partial charge in [-0.1, -0.05) is 61.4 Å². The van der Waals surface area contributed by atoms with Crippen molar-refractivity contribution >= 4 is 22.8 Å². The molecule has 7 heteroatoms. The maximum Gasteiger partial charge on any atom is 0.303 e. The first kappa shape index (κ1) is 33.3. The lowest BCUT2D eigenvalue weighted by Crippen LogP contribution is -2.07. The van der Waals surface area contributed by atoms with Gasteiger partial charge in [-0.15, -0.1) is 0 Å². The van der Waals surface area contributed by atoms with E-state index in [0.29, 0.717) is 25.2 Å². The average molecular weight is 634 g/mol. The molecule has 0 fully saturated rings. The first-order valence-electron chi connectivity index (χ1n) is 16.4. The molecule has 47 heavy (non-hydrogen) atoms. The topological polar surface area (TPSA) is 98.0 Å². The van der Waals surface area contributed by atoms with Crippen molar-refractivity contribution in [3.05, 3.63) is 108 Å². The van der Waals surface area contributed by atoms with Gasteiger partial charge in [-0.2, -0.15) is 0 Å². The Labute approximate surface area is 276 Å². The van der Waals surface area contributed by atoms with Crippen LogP contribution in [0.5, 0.6) is 11.5 Å². The van der Waals surface area contributed by atoms with E-state index in [0.717, 1.165) is 71.2 Å². The van der Waals surface area contributed by atoms with E-state index in [-0.39, 0.29) is 19.4 Å². The van der Waals surface area contributed by atoms with E-state index in [9.17, 15) is 14.7 Å². The Balaban J connectivity index is 1.17. The Bertz CT molecular complexity index is 1790. The molecule has 0 radical (unpaired) electrons. The fourth-order valence-corrected chi connectivity index (χ4v) is 5.97. The molecule has 1 heterocycles. The zero-order valence-electron chi connectivity index (χ0n) is 27.0. The minimum absolute atomic E-state index is 0.0217. The summed E-state index contributed by atoms with van der Waals surface area (Å²) in [5.41, 5.74) is 7.76. The molecule has 0 aliphatic heterocycles. The first-order valence-corrected chi connectivity index (χ1v) is 16.4. The lowest BCUT2D eigenvalue weighted by atomic mass is 9.96. The molecule has 0 unspecified atom stereocenters. The number of aryl methyl sites for hydroxylation is 2. The first-order chi connectivity index (χ1) is 22.9. The summed E-state index contributed by atoms with van der Waals surface area (Å²) in [4.78, 5) is 22.1. The highest BCUT2D eigenvalue weighted by atomic mass is 16.5. The van der Waals surface area contributed by atoms with E-state index in [1.165, 1.54) is 10.9 Å². The molecular formula is C40H43NO6. The molecule has 0 aliphatic rings. The van der Waals surface area contributed by atoms with Crippen LogP contribution in [-0.4, -0.2) is 39.9 Å². The molecule has 2 N–H and O–H groups in total. The van der Waals surface area contributed by atoms with Crippen LogP contribution >= 0.6 is 0 Å². The van der Waals surface area contributed by atoms with Gasteiger partial charge in [0.1, 0.15) is 11.5 Å². The summed E-state index contributed by atoms with van der Waals surface area (Å²) in [5.74, 6) is -0.193. The molecule has 5 aromatic rings. The quantitative estimate of drug-likeness (QED) is 0.0935. The van der Waals surface area contributed by atoms with Crippen molar-refractivity contribution < 1.29 is 29.3 Å². The number of fused-ring (bicyclic) bond motifs is 1. The summed E-state index contributed by atoms with van der Waals surface area (Å²) >= 11 is 0. The number of unbranched alkanes of at least 4 members (excludes halogenated alkanes) is 3. The molecule has 0 aliphatic carbocycles. The van der Waals surface area contributed by atoms with Crippen LogP contribution < -0.4 is 9.47 Å². The van der Waals surface area contributed by atoms with Crippen LogP contribution in [0.15, 0.2) is 97.2 Å². The molecule has 0 spiro atoms. The van der Waals surface area contributed by atoms with Crippen LogP contribution in [0.2, 0.25) is 0 Å². The van der Waals surface area contributed by atoms with Gasteiger partial charge in [0.05, 0.1) is 13.2 Å². The number of hydrogen-bond donors (Lipinski definition) is 2. The number of ether oxygens (including phenoxy) is 2. The van der Waals surface area contributed by atoms with Crippen molar-refractivity contribution in [2.75, 3.05) is 13.2 Å². The standard InChI is InChI=1S/C40H43NO6/c1-41-22-21-32-25-31(17-19-37(32)41)34-26-33(29-11-6-4-7-12-29)27-35(28-34)46-23-8-3-2-5-13-30-14-9-15-38(36(30)18-20-40(44)45)47-24-10-16-39(42)43/h4,6-7,9,11-12,14-15,17,19,21-22,25-28H,2-3,5,8,10,13,16,18,20,23-24H2,1H3,(H,42,43)(H,44,45). The zero-order chi connectivity index (χ0) is 33.0. The van der Waals surface area contributed by atoms with Crippen molar-refractivity contribution in [3.63, 3.8) is 0 Å².